The first-order valence-electron chi connectivity index (χ1n) is 5.28. The van der Waals surface area contributed by atoms with Gasteiger partial charge in [-0.3, -0.25) is 0 Å². The number of anilines is 2. The van der Waals surface area contributed by atoms with Gasteiger partial charge in [-0.25, -0.2) is 4.79 Å². The Kier molecular flexibility index (Phi) is 3.33. The van der Waals surface area contributed by atoms with E-state index in [9.17, 15) is 4.79 Å². The summed E-state index contributed by atoms with van der Waals surface area (Å²) in [4.78, 5) is 13.6. The minimum absolute atomic E-state index is 0.0389. The molecule has 4 nitrogen and oxygen atoms in total. The molecule has 1 aromatic rings. The van der Waals surface area contributed by atoms with Crippen LogP contribution < -0.4 is 11.1 Å². The topological polar surface area (TPSA) is 58.4 Å². The lowest BCUT2D eigenvalue weighted by molar-refractivity contribution is 0.222. The van der Waals surface area contributed by atoms with Gasteiger partial charge in [0.1, 0.15) is 0 Å². The predicted molar refractivity (Wildman–Crippen MR) is 68.4 cm³/mol. The van der Waals surface area contributed by atoms with Gasteiger partial charge in [-0.2, -0.15) is 0 Å². The Morgan fingerprint density at radius 2 is 2.06 bits per heavy atom. The van der Waals surface area contributed by atoms with E-state index in [0.717, 1.165) is 36.1 Å². The van der Waals surface area contributed by atoms with Gasteiger partial charge in [0.2, 0.25) is 0 Å². The van der Waals surface area contributed by atoms with Gasteiger partial charge in [0, 0.05) is 23.2 Å². The molecule has 0 atom stereocenters. The van der Waals surface area contributed by atoms with Crippen molar-refractivity contribution in [1.29, 1.82) is 0 Å². The number of nitrogens with one attached hydrogen (secondary N) is 1. The van der Waals surface area contributed by atoms with Crippen molar-refractivity contribution in [2.75, 3.05) is 24.1 Å². The highest BCUT2D eigenvalue weighted by Crippen LogP contribution is 2.25. The van der Waals surface area contributed by atoms with Crippen LogP contribution in [-0.4, -0.2) is 24.0 Å². The van der Waals surface area contributed by atoms with Gasteiger partial charge in [0.15, 0.2) is 0 Å². The van der Waals surface area contributed by atoms with E-state index in [1.165, 1.54) is 0 Å². The van der Waals surface area contributed by atoms with Crippen molar-refractivity contribution >= 4 is 33.3 Å². The monoisotopic (exact) mass is 283 g/mol. The average molecular weight is 284 g/mol. The maximum absolute atomic E-state index is 11.8. The van der Waals surface area contributed by atoms with E-state index in [4.69, 9.17) is 5.73 Å². The zero-order valence-electron chi connectivity index (χ0n) is 8.87. The fourth-order valence-electron chi connectivity index (χ4n) is 1.75. The van der Waals surface area contributed by atoms with Gasteiger partial charge in [0.05, 0.1) is 5.69 Å². The molecule has 0 bridgehead atoms. The Morgan fingerprint density at radius 1 is 1.38 bits per heavy atom. The Bertz CT molecular complexity index is 402. The van der Waals surface area contributed by atoms with Crippen LogP contribution >= 0.6 is 15.9 Å². The summed E-state index contributed by atoms with van der Waals surface area (Å²) in [5.41, 5.74) is 7.06. The largest absolute Gasteiger partial charge is 0.399 e. The summed E-state index contributed by atoms with van der Waals surface area (Å²) in [6.07, 6.45) is 2.19. The molecule has 0 aromatic heterocycles. The highest BCUT2D eigenvalue weighted by molar-refractivity contribution is 9.10. The van der Waals surface area contributed by atoms with E-state index < -0.39 is 0 Å². The highest BCUT2D eigenvalue weighted by Gasteiger charge is 2.18. The molecule has 1 fully saturated rings. The first-order chi connectivity index (χ1) is 7.66. The van der Waals surface area contributed by atoms with Crippen LogP contribution in [0.5, 0.6) is 0 Å². The number of nitrogens with two attached hydrogens (primary N) is 1. The minimum Gasteiger partial charge on any atom is -0.399 e. The number of nitrogens with zero attached hydrogens (tertiary/aromatic N) is 1. The fraction of sp³-hybridized carbons (Fsp3) is 0.364. The summed E-state index contributed by atoms with van der Waals surface area (Å²) in [7, 11) is 0. The van der Waals surface area contributed by atoms with E-state index in [-0.39, 0.29) is 6.03 Å². The second-order valence-electron chi connectivity index (χ2n) is 3.86. The third-order valence-electron chi connectivity index (χ3n) is 2.63. The van der Waals surface area contributed by atoms with Crippen LogP contribution in [0.1, 0.15) is 12.8 Å². The molecular formula is C11H14BrN3O. The summed E-state index contributed by atoms with van der Waals surface area (Å²) < 4.78 is 0.806. The van der Waals surface area contributed by atoms with Crippen molar-refractivity contribution in [2.45, 2.75) is 12.8 Å². The van der Waals surface area contributed by atoms with Gasteiger partial charge < -0.3 is 16.0 Å². The Labute approximate surface area is 103 Å². The molecule has 1 heterocycles. The first kappa shape index (κ1) is 11.3. The molecule has 5 heteroatoms. The highest BCUT2D eigenvalue weighted by atomic mass is 79.9. The van der Waals surface area contributed by atoms with Gasteiger partial charge >= 0.3 is 6.03 Å². The molecule has 1 aromatic carbocycles. The Hall–Kier alpha value is -1.23. The number of benzene rings is 1. The lowest BCUT2D eigenvalue weighted by atomic mass is 10.3. The first-order valence-corrected chi connectivity index (χ1v) is 6.07. The molecule has 2 amide bonds. The molecule has 3 N–H and O–H groups in total. The normalized spacial score (nSPS) is 15.2. The fourth-order valence-corrected chi connectivity index (χ4v) is 2.24. The molecule has 16 heavy (non-hydrogen) atoms. The Morgan fingerprint density at radius 3 is 2.69 bits per heavy atom. The van der Waals surface area contributed by atoms with Crippen LogP contribution in [0.15, 0.2) is 22.7 Å². The third kappa shape index (κ3) is 2.47. The van der Waals surface area contributed by atoms with Crippen molar-refractivity contribution in [1.82, 2.24) is 4.90 Å². The third-order valence-corrected chi connectivity index (χ3v) is 3.28. The molecule has 1 aliphatic heterocycles. The summed E-state index contributed by atoms with van der Waals surface area (Å²) in [6, 6.07) is 5.31. The van der Waals surface area contributed by atoms with Gasteiger partial charge in [-0.1, -0.05) is 0 Å². The smallest absolute Gasteiger partial charge is 0.321 e. The van der Waals surface area contributed by atoms with E-state index >= 15 is 0 Å². The molecular weight excluding hydrogens is 270 g/mol. The maximum Gasteiger partial charge on any atom is 0.321 e. The number of carbonyl (C=O) groups excluding carboxylic acids is 1. The summed E-state index contributed by atoms with van der Waals surface area (Å²) >= 11 is 3.37. The molecule has 0 aliphatic carbocycles. The van der Waals surface area contributed by atoms with Gasteiger partial charge in [-0.15, -0.1) is 0 Å². The van der Waals surface area contributed by atoms with E-state index in [1.807, 2.05) is 4.90 Å². The second kappa shape index (κ2) is 4.74. The molecule has 0 unspecified atom stereocenters. The Balaban J connectivity index is 2.05. The van der Waals surface area contributed by atoms with Crippen LogP contribution in [0.3, 0.4) is 0 Å². The molecule has 0 saturated carbocycles. The number of urea groups is 1. The van der Waals surface area contributed by atoms with E-state index in [0.29, 0.717) is 5.69 Å². The molecule has 86 valence electrons. The quantitative estimate of drug-likeness (QED) is 0.779. The van der Waals surface area contributed by atoms with Crippen molar-refractivity contribution in [3.8, 4) is 0 Å². The van der Waals surface area contributed by atoms with Gasteiger partial charge in [-0.05, 0) is 47.0 Å². The zero-order chi connectivity index (χ0) is 11.5. The number of hydrogen-bond donors (Lipinski definition) is 2. The number of rotatable bonds is 1. The van der Waals surface area contributed by atoms with Crippen LogP contribution in [0, 0.1) is 0 Å². The SMILES string of the molecule is Nc1ccc(NC(=O)N2CCCC2)c(Br)c1. The number of nitrogen functional groups attached to an aromatic ring is 1. The summed E-state index contributed by atoms with van der Waals surface area (Å²) in [6.45, 7) is 1.69. The second-order valence-corrected chi connectivity index (χ2v) is 4.72. The van der Waals surface area contributed by atoms with E-state index in [1.54, 1.807) is 18.2 Å². The summed E-state index contributed by atoms with van der Waals surface area (Å²) in [5.74, 6) is 0. The van der Waals surface area contributed by atoms with Crippen LogP contribution in [-0.2, 0) is 0 Å². The van der Waals surface area contributed by atoms with Crippen LogP contribution in [0.2, 0.25) is 0 Å². The number of carbonyl (C=O) groups is 1. The average Bonchev–Trinajstić information content (AvgIpc) is 2.75. The number of hydrogen-bond acceptors (Lipinski definition) is 2. The molecule has 2 rings (SSSR count). The van der Waals surface area contributed by atoms with Crippen molar-refractivity contribution in [3.63, 3.8) is 0 Å². The predicted octanol–water partition coefficient (Wildman–Crippen LogP) is 2.66. The summed E-state index contributed by atoms with van der Waals surface area (Å²) in [5, 5.41) is 2.86. The molecule has 0 spiro atoms. The molecule has 1 aliphatic rings. The zero-order valence-corrected chi connectivity index (χ0v) is 10.5. The maximum atomic E-state index is 11.8. The molecule has 1 saturated heterocycles. The molecule has 0 radical (unpaired) electrons. The van der Waals surface area contributed by atoms with Crippen LogP contribution in [0.25, 0.3) is 0 Å². The van der Waals surface area contributed by atoms with Crippen molar-refractivity contribution in [2.24, 2.45) is 0 Å². The minimum atomic E-state index is -0.0389. The van der Waals surface area contributed by atoms with Crippen molar-refractivity contribution < 1.29 is 4.79 Å². The lowest BCUT2D eigenvalue weighted by Gasteiger charge is -2.16. The number of halogens is 1. The number of amides is 2. The van der Waals surface area contributed by atoms with Crippen LogP contribution in [0.4, 0.5) is 16.2 Å². The van der Waals surface area contributed by atoms with E-state index in [2.05, 4.69) is 21.2 Å². The van der Waals surface area contributed by atoms with Gasteiger partial charge in [0.25, 0.3) is 0 Å². The standard InChI is InChI=1S/C11H14BrN3O/c12-9-7-8(13)3-4-10(9)14-11(16)15-5-1-2-6-15/h3-4,7H,1-2,5-6,13H2,(H,14,16). The van der Waals surface area contributed by atoms with Crippen molar-refractivity contribution in [3.05, 3.63) is 22.7 Å². The lowest BCUT2D eigenvalue weighted by Crippen LogP contribution is -2.32. The number of likely N-dealkylation sites (tertiary alicyclic amines) is 1.